The Hall–Kier alpha value is -2.94. The third kappa shape index (κ3) is 7.27. The first-order valence-electron chi connectivity index (χ1n) is 11.6. The van der Waals surface area contributed by atoms with Gasteiger partial charge in [-0.3, -0.25) is 4.79 Å². The maximum absolute atomic E-state index is 13.0. The summed E-state index contributed by atoms with van der Waals surface area (Å²) in [5.74, 6) is 1.89. The number of aliphatic hydroxyl groups excluding tert-OH is 1. The number of carbonyl (C=O) groups is 1. The summed E-state index contributed by atoms with van der Waals surface area (Å²) in [5, 5.41) is 18.6. The first-order chi connectivity index (χ1) is 16.9. The SMILES string of the molecule is Cc1cc(Nc2cc(NC(=O)c3c(Cl)cc(CCCC4CC4)cc3Cl)ccn2)nc(NCCO)n1. The van der Waals surface area contributed by atoms with Gasteiger partial charge < -0.3 is 21.1 Å². The number of hydrogen-bond acceptors (Lipinski definition) is 7. The molecule has 2 heterocycles. The topological polar surface area (TPSA) is 112 Å². The Morgan fingerprint density at radius 2 is 1.89 bits per heavy atom. The van der Waals surface area contributed by atoms with Crippen LogP contribution in [0.2, 0.25) is 10.0 Å². The van der Waals surface area contributed by atoms with Crippen molar-refractivity contribution >= 4 is 52.4 Å². The standard InChI is InChI=1S/C25H28Cl2N6O2/c1-15-11-22(33-25(30-15)29-9-10-34)32-21-14-18(7-8-28-21)31-24(35)23-19(26)12-17(13-20(23)27)4-2-3-16-5-6-16/h7-8,11-14,16,34H,2-6,9-10H2,1H3,(H3,28,29,30,31,32,33,35). The fourth-order valence-corrected chi connectivity index (χ4v) is 4.47. The highest BCUT2D eigenvalue weighted by molar-refractivity contribution is 6.40. The van der Waals surface area contributed by atoms with E-state index in [0.29, 0.717) is 39.9 Å². The van der Waals surface area contributed by atoms with Crippen molar-refractivity contribution in [3.05, 3.63) is 63.4 Å². The van der Waals surface area contributed by atoms with Crippen molar-refractivity contribution in [2.75, 3.05) is 29.1 Å². The van der Waals surface area contributed by atoms with Crippen molar-refractivity contribution in [1.82, 2.24) is 15.0 Å². The number of aliphatic hydroxyl groups is 1. The molecule has 4 N–H and O–H groups in total. The molecule has 3 aromatic rings. The number of benzene rings is 1. The number of aromatic nitrogens is 3. The third-order valence-electron chi connectivity index (χ3n) is 5.63. The van der Waals surface area contributed by atoms with E-state index in [1.54, 1.807) is 24.4 Å². The van der Waals surface area contributed by atoms with Crippen LogP contribution in [0.1, 0.15) is 47.3 Å². The molecular formula is C25H28Cl2N6O2. The Morgan fingerprint density at radius 3 is 2.60 bits per heavy atom. The summed E-state index contributed by atoms with van der Waals surface area (Å²) in [6, 6.07) is 8.78. The zero-order chi connectivity index (χ0) is 24.8. The van der Waals surface area contributed by atoms with Crippen LogP contribution < -0.4 is 16.0 Å². The average Bonchev–Trinajstić information content (AvgIpc) is 3.61. The molecule has 10 heteroatoms. The van der Waals surface area contributed by atoms with Gasteiger partial charge in [-0.25, -0.2) is 9.97 Å². The minimum absolute atomic E-state index is 0.0272. The van der Waals surface area contributed by atoms with E-state index < -0.39 is 5.91 Å². The molecule has 8 nitrogen and oxygen atoms in total. The lowest BCUT2D eigenvalue weighted by Crippen LogP contribution is -2.14. The number of halogens is 2. The number of amides is 1. The van der Waals surface area contributed by atoms with Gasteiger partial charge in [0.15, 0.2) is 0 Å². The molecule has 4 rings (SSSR count). The molecule has 1 saturated carbocycles. The van der Waals surface area contributed by atoms with Gasteiger partial charge in [-0.05, 0) is 49.4 Å². The van der Waals surface area contributed by atoms with Gasteiger partial charge in [0, 0.05) is 36.3 Å². The molecule has 0 unspecified atom stereocenters. The summed E-state index contributed by atoms with van der Waals surface area (Å²) >= 11 is 12.9. The Morgan fingerprint density at radius 1 is 1.11 bits per heavy atom. The van der Waals surface area contributed by atoms with E-state index in [9.17, 15) is 4.79 Å². The number of nitrogens with zero attached hydrogens (tertiary/aromatic N) is 3. The van der Waals surface area contributed by atoms with Crippen LogP contribution in [0.15, 0.2) is 36.5 Å². The summed E-state index contributed by atoms with van der Waals surface area (Å²) in [6.45, 7) is 2.16. The van der Waals surface area contributed by atoms with E-state index in [2.05, 4.69) is 30.9 Å². The molecule has 0 spiro atoms. The molecule has 0 atom stereocenters. The molecule has 2 aromatic heterocycles. The van der Waals surface area contributed by atoms with Gasteiger partial charge in [0.05, 0.1) is 22.2 Å². The smallest absolute Gasteiger partial charge is 0.258 e. The highest BCUT2D eigenvalue weighted by atomic mass is 35.5. The van der Waals surface area contributed by atoms with E-state index in [4.69, 9.17) is 28.3 Å². The van der Waals surface area contributed by atoms with E-state index >= 15 is 0 Å². The summed E-state index contributed by atoms with van der Waals surface area (Å²) in [6.07, 6.45) is 7.48. The molecular weight excluding hydrogens is 487 g/mol. The zero-order valence-corrected chi connectivity index (χ0v) is 21.0. The van der Waals surface area contributed by atoms with E-state index in [1.165, 1.54) is 19.3 Å². The van der Waals surface area contributed by atoms with Crippen LogP contribution >= 0.6 is 23.2 Å². The number of rotatable bonds is 11. The van der Waals surface area contributed by atoms with Gasteiger partial charge in [0.1, 0.15) is 11.6 Å². The summed E-state index contributed by atoms with van der Waals surface area (Å²) < 4.78 is 0. The largest absolute Gasteiger partial charge is 0.395 e. The average molecular weight is 515 g/mol. The lowest BCUT2D eigenvalue weighted by molar-refractivity contribution is 0.102. The molecule has 1 aromatic carbocycles. The fraction of sp³-hybridized carbons (Fsp3) is 0.360. The van der Waals surface area contributed by atoms with Gasteiger partial charge >= 0.3 is 0 Å². The predicted octanol–water partition coefficient (Wildman–Crippen LogP) is 5.62. The summed E-state index contributed by atoms with van der Waals surface area (Å²) in [7, 11) is 0. The molecule has 0 aliphatic heterocycles. The second kappa shape index (κ2) is 11.7. The van der Waals surface area contributed by atoms with E-state index in [1.807, 2.05) is 19.1 Å². The number of pyridine rings is 1. The Balaban J connectivity index is 1.43. The second-order valence-corrected chi connectivity index (χ2v) is 9.46. The summed E-state index contributed by atoms with van der Waals surface area (Å²) in [5.41, 5.74) is 2.56. The van der Waals surface area contributed by atoms with Crippen LogP contribution in [-0.4, -0.2) is 39.1 Å². The molecule has 1 amide bonds. The lowest BCUT2D eigenvalue weighted by atomic mass is 10.0. The molecule has 0 saturated heterocycles. The van der Waals surface area contributed by atoms with Crippen molar-refractivity contribution in [3.8, 4) is 0 Å². The highest BCUT2D eigenvalue weighted by Crippen LogP contribution is 2.34. The van der Waals surface area contributed by atoms with Gasteiger partial charge in [-0.2, -0.15) is 4.98 Å². The number of anilines is 4. The predicted molar refractivity (Wildman–Crippen MR) is 140 cm³/mol. The van der Waals surface area contributed by atoms with Crippen molar-refractivity contribution in [1.29, 1.82) is 0 Å². The van der Waals surface area contributed by atoms with Crippen molar-refractivity contribution in [2.24, 2.45) is 5.92 Å². The fourth-order valence-electron chi connectivity index (χ4n) is 3.77. The molecule has 1 fully saturated rings. The second-order valence-electron chi connectivity index (χ2n) is 8.65. The summed E-state index contributed by atoms with van der Waals surface area (Å²) in [4.78, 5) is 25.9. The van der Waals surface area contributed by atoms with Crippen LogP contribution in [0, 0.1) is 12.8 Å². The van der Waals surface area contributed by atoms with E-state index in [-0.39, 0.29) is 12.2 Å². The van der Waals surface area contributed by atoms with Crippen LogP contribution in [0.3, 0.4) is 0 Å². The monoisotopic (exact) mass is 514 g/mol. The zero-order valence-electron chi connectivity index (χ0n) is 19.4. The first kappa shape index (κ1) is 25.2. The first-order valence-corrected chi connectivity index (χ1v) is 12.4. The van der Waals surface area contributed by atoms with Gasteiger partial charge in [-0.15, -0.1) is 0 Å². The van der Waals surface area contributed by atoms with Crippen LogP contribution in [0.25, 0.3) is 0 Å². The maximum atomic E-state index is 13.0. The minimum Gasteiger partial charge on any atom is -0.395 e. The Bertz CT molecular complexity index is 1180. The number of nitrogens with one attached hydrogen (secondary N) is 3. The third-order valence-corrected chi connectivity index (χ3v) is 6.22. The van der Waals surface area contributed by atoms with Gasteiger partial charge in [0.25, 0.3) is 5.91 Å². The van der Waals surface area contributed by atoms with Crippen molar-refractivity contribution in [2.45, 2.75) is 39.0 Å². The molecule has 0 bridgehead atoms. The number of hydrogen-bond donors (Lipinski definition) is 4. The maximum Gasteiger partial charge on any atom is 0.258 e. The minimum atomic E-state index is -0.393. The Labute approximate surface area is 214 Å². The van der Waals surface area contributed by atoms with Crippen LogP contribution in [-0.2, 0) is 6.42 Å². The highest BCUT2D eigenvalue weighted by Gasteiger charge is 2.21. The van der Waals surface area contributed by atoms with Gasteiger partial charge in [0.2, 0.25) is 5.95 Å². The van der Waals surface area contributed by atoms with Crippen molar-refractivity contribution in [3.63, 3.8) is 0 Å². The lowest BCUT2D eigenvalue weighted by Gasteiger charge is -2.12. The number of carbonyl (C=O) groups excluding carboxylic acids is 1. The quantitative estimate of drug-likeness (QED) is 0.262. The normalized spacial score (nSPS) is 12.9. The molecule has 1 aliphatic carbocycles. The molecule has 35 heavy (non-hydrogen) atoms. The molecule has 0 radical (unpaired) electrons. The van der Waals surface area contributed by atoms with E-state index in [0.717, 1.165) is 30.0 Å². The molecule has 184 valence electrons. The number of aryl methyl sites for hydroxylation is 2. The Kier molecular flexibility index (Phi) is 8.38. The van der Waals surface area contributed by atoms with Crippen molar-refractivity contribution < 1.29 is 9.90 Å². The molecule has 1 aliphatic rings. The van der Waals surface area contributed by atoms with Gasteiger partial charge in [-0.1, -0.05) is 42.5 Å². The van der Waals surface area contributed by atoms with Crippen LogP contribution in [0.4, 0.5) is 23.3 Å². The van der Waals surface area contributed by atoms with Crippen LogP contribution in [0.5, 0.6) is 0 Å².